The smallest absolute Gasteiger partial charge is 0.240 e. The maximum Gasteiger partial charge on any atom is 0.240 e. The van der Waals surface area contributed by atoms with Crippen LogP contribution in [-0.2, 0) is 16.6 Å². The molecule has 0 aliphatic rings. The van der Waals surface area contributed by atoms with Crippen LogP contribution in [-0.4, -0.2) is 21.3 Å². The molecule has 0 aliphatic carbocycles. The molecule has 0 unspecified atom stereocenters. The number of benzene rings is 2. The van der Waals surface area contributed by atoms with E-state index in [1.165, 1.54) is 31.2 Å². The molecule has 5 nitrogen and oxygen atoms in total. The van der Waals surface area contributed by atoms with Crippen molar-refractivity contribution in [2.24, 2.45) is 0 Å². The SMILES string of the molecule is COc1ccc(CNS(=O)(=O)c2ccc(C(C)=O)cc2)cc1. The number of sulfonamides is 1. The average molecular weight is 319 g/mol. The summed E-state index contributed by atoms with van der Waals surface area (Å²) in [5.41, 5.74) is 1.30. The van der Waals surface area contributed by atoms with E-state index in [0.717, 1.165) is 5.56 Å². The molecule has 116 valence electrons. The van der Waals surface area contributed by atoms with Crippen LogP contribution in [0.4, 0.5) is 0 Å². The molecule has 2 rings (SSSR count). The van der Waals surface area contributed by atoms with Crippen molar-refractivity contribution in [3.63, 3.8) is 0 Å². The third-order valence-electron chi connectivity index (χ3n) is 3.20. The molecule has 2 aromatic rings. The number of rotatable bonds is 6. The Kier molecular flexibility index (Phi) is 4.95. The zero-order chi connectivity index (χ0) is 16.2. The molecular weight excluding hydrogens is 302 g/mol. The quantitative estimate of drug-likeness (QED) is 0.830. The molecule has 0 saturated heterocycles. The number of hydrogen-bond donors (Lipinski definition) is 1. The molecule has 0 radical (unpaired) electrons. The van der Waals surface area contributed by atoms with Crippen LogP contribution in [0.2, 0.25) is 0 Å². The Bertz CT molecular complexity index is 750. The van der Waals surface area contributed by atoms with E-state index in [1.807, 2.05) is 0 Å². The molecule has 0 fully saturated rings. The van der Waals surface area contributed by atoms with Crippen molar-refractivity contribution in [1.29, 1.82) is 0 Å². The molecule has 0 saturated carbocycles. The van der Waals surface area contributed by atoms with E-state index < -0.39 is 10.0 Å². The highest BCUT2D eigenvalue weighted by atomic mass is 32.2. The molecule has 1 N–H and O–H groups in total. The molecule has 0 heterocycles. The first-order chi connectivity index (χ1) is 10.4. The summed E-state index contributed by atoms with van der Waals surface area (Å²) < 4.78 is 32.0. The lowest BCUT2D eigenvalue weighted by Gasteiger charge is -2.08. The number of Topliss-reactive ketones (excluding diaryl/α,β-unsaturated/α-hetero) is 1. The molecule has 22 heavy (non-hydrogen) atoms. The fourth-order valence-electron chi connectivity index (χ4n) is 1.87. The molecule has 6 heteroatoms. The molecule has 0 amide bonds. The average Bonchev–Trinajstić information content (AvgIpc) is 2.53. The van der Waals surface area contributed by atoms with Gasteiger partial charge in [0.25, 0.3) is 0 Å². The molecule has 0 bridgehead atoms. The van der Waals surface area contributed by atoms with Crippen LogP contribution in [0.15, 0.2) is 53.4 Å². The number of carbonyl (C=O) groups excluding carboxylic acids is 1. The predicted molar refractivity (Wildman–Crippen MR) is 83.5 cm³/mol. The van der Waals surface area contributed by atoms with Crippen LogP contribution in [0.1, 0.15) is 22.8 Å². The van der Waals surface area contributed by atoms with Gasteiger partial charge < -0.3 is 4.74 Å². The van der Waals surface area contributed by atoms with Gasteiger partial charge in [0.05, 0.1) is 12.0 Å². The van der Waals surface area contributed by atoms with E-state index in [0.29, 0.717) is 11.3 Å². The highest BCUT2D eigenvalue weighted by molar-refractivity contribution is 7.89. The van der Waals surface area contributed by atoms with Gasteiger partial charge in [-0.3, -0.25) is 4.79 Å². The summed E-state index contributed by atoms with van der Waals surface area (Å²) in [6, 6.07) is 13.0. The number of ether oxygens (including phenoxy) is 1. The second-order valence-corrected chi connectivity index (χ2v) is 6.52. The van der Waals surface area contributed by atoms with Gasteiger partial charge >= 0.3 is 0 Å². The number of nitrogens with one attached hydrogen (secondary N) is 1. The van der Waals surface area contributed by atoms with Crippen molar-refractivity contribution in [1.82, 2.24) is 4.72 Å². The van der Waals surface area contributed by atoms with Crippen molar-refractivity contribution in [2.75, 3.05) is 7.11 Å². The van der Waals surface area contributed by atoms with Crippen molar-refractivity contribution in [3.05, 3.63) is 59.7 Å². The summed E-state index contributed by atoms with van der Waals surface area (Å²) in [7, 11) is -2.04. The lowest BCUT2D eigenvalue weighted by Crippen LogP contribution is -2.23. The summed E-state index contributed by atoms with van der Waals surface area (Å²) in [6.07, 6.45) is 0. The minimum atomic E-state index is -3.61. The van der Waals surface area contributed by atoms with Gasteiger partial charge in [0.15, 0.2) is 5.78 Å². The van der Waals surface area contributed by atoms with Crippen molar-refractivity contribution in [2.45, 2.75) is 18.4 Å². The number of ketones is 1. The normalized spacial score (nSPS) is 11.2. The van der Waals surface area contributed by atoms with Crippen molar-refractivity contribution in [3.8, 4) is 5.75 Å². The number of methoxy groups -OCH3 is 1. The van der Waals surface area contributed by atoms with Gasteiger partial charge in [-0.05, 0) is 36.8 Å². The van der Waals surface area contributed by atoms with Gasteiger partial charge in [-0.15, -0.1) is 0 Å². The van der Waals surface area contributed by atoms with Crippen LogP contribution in [0.25, 0.3) is 0 Å². The molecule has 0 atom stereocenters. The first kappa shape index (κ1) is 16.2. The van der Waals surface area contributed by atoms with Crippen LogP contribution in [0.3, 0.4) is 0 Å². The molecular formula is C16H17NO4S. The Balaban J connectivity index is 2.08. The third kappa shape index (κ3) is 3.93. The molecule has 2 aromatic carbocycles. The van der Waals surface area contributed by atoms with Crippen molar-refractivity contribution >= 4 is 15.8 Å². The largest absolute Gasteiger partial charge is 0.497 e. The van der Waals surface area contributed by atoms with E-state index in [9.17, 15) is 13.2 Å². The minimum absolute atomic E-state index is 0.102. The van der Waals surface area contributed by atoms with Crippen LogP contribution in [0, 0.1) is 0 Å². The highest BCUT2D eigenvalue weighted by Crippen LogP contribution is 2.14. The van der Waals surface area contributed by atoms with Gasteiger partial charge in [-0.25, -0.2) is 13.1 Å². The Morgan fingerprint density at radius 1 is 1.05 bits per heavy atom. The van der Waals surface area contributed by atoms with E-state index >= 15 is 0 Å². The van der Waals surface area contributed by atoms with Crippen molar-refractivity contribution < 1.29 is 17.9 Å². The second kappa shape index (κ2) is 6.72. The predicted octanol–water partition coefficient (Wildman–Crippen LogP) is 2.38. The van der Waals surface area contributed by atoms with Gasteiger partial charge in [-0.1, -0.05) is 24.3 Å². The van der Waals surface area contributed by atoms with E-state index in [-0.39, 0.29) is 17.2 Å². The van der Waals surface area contributed by atoms with Gasteiger partial charge in [0.1, 0.15) is 5.75 Å². The van der Waals surface area contributed by atoms with Gasteiger partial charge in [-0.2, -0.15) is 0 Å². The van der Waals surface area contributed by atoms with Gasteiger partial charge in [0, 0.05) is 12.1 Å². The molecule has 0 aromatic heterocycles. The maximum atomic E-state index is 12.2. The minimum Gasteiger partial charge on any atom is -0.497 e. The van der Waals surface area contributed by atoms with Gasteiger partial charge in [0.2, 0.25) is 10.0 Å². The fourth-order valence-corrected chi connectivity index (χ4v) is 2.89. The van der Waals surface area contributed by atoms with Crippen LogP contribution >= 0.6 is 0 Å². The molecule has 0 aliphatic heterocycles. The zero-order valence-corrected chi connectivity index (χ0v) is 13.2. The van der Waals surface area contributed by atoms with E-state index in [1.54, 1.807) is 31.4 Å². The Morgan fingerprint density at radius 2 is 1.64 bits per heavy atom. The summed E-state index contributed by atoms with van der Waals surface area (Å²) >= 11 is 0. The van der Waals surface area contributed by atoms with Crippen LogP contribution < -0.4 is 9.46 Å². The van der Waals surface area contributed by atoms with E-state index in [4.69, 9.17) is 4.74 Å². The second-order valence-electron chi connectivity index (χ2n) is 4.75. The first-order valence-electron chi connectivity index (χ1n) is 6.66. The number of carbonyl (C=O) groups is 1. The zero-order valence-electron chi connectivity index (χ0n) is 12.4. The third-order valence-corrected chi connectivity index (χ3v) is 4.61. The standard InChI is InChI=1S/C16H17NO4S/c1-12(18)14-5-9-16(10-6-14)22(19,20)17-11-13-3-7-15(21-2)8-4-13/h3-10,17H,11H2,1-2H3. The van der Waals surface area contributed by atoms with Crippen LogP contribution in [0.5, 0.6) is 5.75 Å². The molecule has 0 spiro atoms. The maximum absolute atomic E-state index is 12.2. The first-order valence-corrected chi connectivity index (χ1v) is 8.14. The Labute approximate surface area is 130 Å². The highest BCUT2D eigenvalue weighted by Gasteiger charge is 2.14. The lowest BCUT2D eigenvalue weighted by molar-refractivity contribution is 0.101. The monoisotopic (exact) mass is 319 g/mol. The summed E-state index contributed by atoms with van der Waals surface area (Å²) in [5.74, 6) is 0.613. The topological polar surface area (TPSA) is 72.5 Å². The summed E-state index contributed by atoms with van der Waals surface area (Å²) in [5, 5.41) is 0. The van der Waals surface area contributed by atoms with E-state index in [2.05, 4.69) is 4.72 Å². The Hall–Kier alpha value is -2.18. The fraction of sp³-hybridized carbons (Fsp3) is 0.188. The summed E-state index contributed by atoms with van der Waals surface area (Å²) in [6.45, 7) is 1.62. The summed E-state index contributed by atoms with van der Waals surface area (Å²) in [4.78, 5) is 11.3. The Morgan fingerprint density at radius 3 is 2.14 bits per heavy atom. The lowest BCUT2D eigenvalue weighted by atomic mass is 10.2. The number of hydrogen-bond acceptors (Lipinski definition) is 4.